The maximum atomic E-state index is 14.2. The molecule has 3 N–H and O–H groups in total. The van der Waals surface area contributed by atoms with Crippen molar-refractivity contribution in [3.8, 4) is 5.75 Å². The molecular weight excluding hydrogens is 418 g/mol. The van der Waals surface area contributed by atoms with Gasteiger partial charge in [-0.15, -0.1) is 0 Å². The standard InChI is InChI=1S/C19H20F2N4O6/c1-24-6-7-30-12-3-2-10(8-11(12)24)16(28)22-14-4-5-25(18(29)23-14)17-19(20,21)15(27)13(9-26)31-17/h2-5,8,13,15,17,26-27H,6-7,9H2,1H3,(H,22,23,28,29)/t13-,15-,17?/m1/s1. The second-order valence-electron chi connectivity index (χ2n) is 7.24. The minimum atomic E-state index is -3.82. The predicted octanol–water partition coefficient (Wildman–Crippen LogP) is 0.210. The first kappa shape index (κ1) is 21.2. The molecule has 1 amide bonds. The number of hydrogen-bond donors (Lipinski definition) is 3. The summed E-state index contributed by atoms with van der Waals surface area (Å²) in [6.45, 7) is 0.358. The number of rotatable bonds is 4. The van der Waals surface area contributed by atoms with Crippen LogP contribution in [-0.2, 0) is 4.74 Å². The fraction of sp³-hybridized carbons (Fsp3) is 0.421. The van der Waals surface area contributed by atoms with Crippen LogP contribution in [-0.4, -0.2) is 70.6 Å². The zero-order valence-corrected chi connectivity index (χ0v) is 16.4. The van der Waals surface area contributed by atoms with Crippen LogP contribution >= 0.6 is 0 Å². The normalized spacial score (nSPS) is 24.4. The van der Waals surface area contributed by atoms with Gasteiger partial charge in [-0.3, -0.25) is 9.36 Å². The molecule has 166 valence electrons. The number of halogens is 2. The van der Waals surface area contributed by atoms with Crippen LogP contribution in [0.15, 0.2) is 35.3 Å². The van der Waals surface area contributed by atoms with E-state index in [1.807, 2.05) is 11.9 Å². The van der Waals surface area contributed by atoms with Crippen molar-refractivity contribution in [1.82, 2.24) is 9.55 Å². The first-order chi connectivity index (χ1) is 14.7. The molecule has 2 aliphatic heterocycles. The lowest BCUT2D eigenvalue weighted by atomic mass is 10.1. The Labute approximate surface area is 174 Å². The number of benzene rings is 1. The molecule has 1 fully saturated rings. The number of fused-ring (bicyclic) bond motifs is 1. The number of nitrogens with zero attached hydrogens (tertiary/aromatic N) is 3. The molecule has 3 heterocycles. The average Bonchev–Trinajstić information content (AvgIpc) is 2.97. The number of ether oxygens (including phenoxy) is 2. The summed E-state index contributed by atoms with van der Waals surface area (Å²) in [6, 6.07) is 6.00. The van der Waals surface area contributed by atoms with Crippen molar-refractivity contribution < 1.29 is 33.3 Å². The SMILES string of the molecule is CN1CCOc2ccc(C(=O)Nc3ccn(C4O[C@H](CO)[C@@H](O)C4(F)F)c(=O)n3)cc21. The predicted molar refractivity (Wildman–Crippen MR) is 104 cm³/mol. The van der Waals surface area contributed by atoms with Crippen molar-refractivity contribution in [3.05, 3.63) is 46.5 Å². The van der Waals surface area contributed by atoms with Gasteiger partial charge in [-0.25, -0.2) is 4.79 Å². The average molecular weight is 438 g/mol. The van der Waals surface area contributed by atoms with Crippen LogP contribution in [0, 0.1) is 0 Å². The van der Waals surface area contributed by atoms with E-state index in [0.29, 0.717) is 29.0 Å². The first-order valence-corrected chi connectivity index (χ1v) is 9.43. The van der Waals surface area contributed by atoms with Gasteiger partial charge in [0.15, 0.2) is 6.10 Å². The van der Waals surface area contributed by atoms with E-state index in [-0.39, 0.29) is 5.82 Å². The van der Waals surface area contributed by atoms with Gasteiger partial charge in [0.1, 0.15) is 24.3 Å². The number of likely N-dealkylation sites (N-methyl/N-ethyl adjacent to an activating group) is 1. The van der Waals surface area contributed by atoms with Crippen molar-refractivity contribution in [2.24, 2.45) is 0 Å². The highest BCUT2D eigenvalue weighted by atomic mass is 19.3. The van der Waals surface area contributed by atoms with Gasteiger partial charge in [0.25, 0.3) is 5.91 Å². The van der Waals surface area contributed by atoms with E-state index in [1.165, 1.54) is 0 Å². The zero-order valence-electron chi connectivity index (χ0n) is 16.4. The second kappa shape index (κ2) is 7.87. The molecule has 2 aromatic rings. The molecule has 12 heteroatoms. The summed E-state index contributed by atoms with van der Waals surface area (Å²) >= 11 is 0. The van der Waals surface area contributed by atoms with Crippen molar-refractivity contribution in [2.75, 3.05) is 37.0 Å². The maximum absolute atomic E-state index is 14.2. The first-order valence-electron chi connectivity index (χ1n) is 9.43. The molecule has 1 aromatic carbocycles. The Morgan fingerprint density at radius 3 is 2.84 bits per heavy atom. The number of anilines is 2. The fourth-order valence-corrected chi connectivity index (χ4v) is 3.46. The third-order valence-electron chi connectivity index (χ3n) is 5.20. The maximum Gasteiger partial charge on any atom is 0.351 e. The lowest BCUT2D eigenvalue weighted by Crippen LogP contribution is -2.41. The van der Waals surface area contributed by atoms with E-state index >= 15 is 0 Å². The van der Waals surface area contributed by atoms with Gasteiger partial charge in [0, 0.05) is 18.8 Å². The molecule has 2 aliphatic rings. The summed E-state index contributed by atoms with van der Waals surface area (Å²) in [5.74, 6) is -3.87. The quantitative estimate of drug-likeness (QED) is 0.619. The summed E-state index contributed by atoms with van der Waals surface area (Å²) in [5, 5.41) is 21.1. The van der Waals surface area contributed by atoms with E-state index in [1.54, 1.807) is 18.2 Å². The van der Waals surface area contributed by atoms with Crippen LogP contribution in [0.5, 0.6) is 5.75 Å². The molecule has 0 radical (unpaired) electrons. The molecule has 0 saturated carbocycles. The third kappa shape index (κ3) is 3.73. The highest BCUT2D eigenvalue weighted by Crippen LogP contribution is 2.42. The van der Waals surface area contributed by atoms with E-state index in [0.717, 1.165) is 18.0 Å². The highest BCUT2D eigenvalue weighted by molar-refractivity contribution is 6.04. The van der Waals surface area contributed by atoms with Gasteiger partial charge >= 0.3 is 11.6 Å². The Morgan fingerprint density at radius 2 is 2.16 bits per heavy atom. The van der Waals surface area contributed by atoms with Gasteiger partial charge in [0.2, 0.25) is 6.23 Å². The van der Waals surface area contributed by atoms with Crippen LogP contribution in [0.3, 0.4) is 0 Å². The van der Waals surface area contributed by atoms with Gasteiger partial charge in [-0.05, 0) is 24.3 Å². The number of hydrogen-bond acceptors (Lipinski definition) is 8. The summed E-state index contributed by atoms with van der Waals surface area (Å²) < 4.78 is 39.5. The van der Waals surface area contributed by atoms with E-state index in [2.05, 4.69) is 10.3 Å². The van der Waals surface area contributed by atoms with Crippen LogP contribution in [0.4, 0.5) is 20.3 Å². The lowest BCUT2D eigenvalue weighted by molar-refractivity contribution is -0.140. The smallest absolute Gasteiger partial charge is 0.351 e. The Morgan fingerprint density at radius 1 is 1.39 bits per heavy atom. The van der Waals surface area contributed by atoms with Crippen molar-refractivity contribution in [2.45, 2.75) is 24.4 Å². The summed E-state index contributed by atoms with van der Waals surface area (Å²) in [6.07, 6.45) is -4.98. The molecule has 10 nitrogen and oxygen atoms in total. The minimum Gasteiger partial charge on any atom is -0.490 e. The number of aliphatic hydroxyl groups excluding tert-OH is 2. The molecule has 1 unspecified atom stereocenters. The van der Waals surface area contributed by atoms with Gasteiger partial charge < -0.3 is 29.9 Å². The molecule has 1 saturated heterocycles. The number of carbonyl (C=O) groups is 1. The number of aromatic nitrogens is 2. The molecule has 3 atom stereocenters. The summed E-state index contributed by atoms with van der Waals surface area (Å²) in [4.78, 5) is 30.4. The lowest BCUT2D eigenvalue weighted by Gasteiger charge is -2.27. The molecule has 0 spiro atoms. The van der Waals surface area contributed by atoms with Gasteiger partial charge in [-0.1, -0.05) is 0 Å². The van der Waals surface area contributed by atoms with Crippen LogP contribution in [0.2, 0.25) is 0 Å². The second-order valence-corrected chi connectivity index (χ2v) is 7.24. The molecule has 0 bridgehead atoms. The molecule has 4 rings (SSSR count). The van der Waals surface area contributed by atoms with Gasteiger partial charge in [0.05, 0.1) is 18.8 Å². The number of amides is 1. The Kier molecular flexibility index (Phi) is 5.37. The van der Waals surface area contributed by atoms with Gasteiger partial charge in [-0.2, -0.15) is 13.8 Å². The van der Waals surface area contributed by atoms with Crippen molar-refractivity contribution in [1.29, 1.82) is 0 Å². The van der Waals surface area contributed by atoms with Crippen molar-refractivity contribution >= 4 is 17.4 Å². The topological polar surface area (TPSA) is 126 Å². The van der Waals surface area contributed by atoms with Crippen LogP contribution in [0.25, 0.3) is 0 Å². The largest absolute Gasteiger partial charge is 0.490 e. The third-order valence-corrected chi connectivity index (χ3v) is 5.20. The zero-order chi connectivity index (χ0) is 22.3. The Hall–Kier alpha value is -3.09. The van der Waals surface area contributed by atoms with E-state index in [4.69, 9.17) is 14.6 Å². The molecular formula is C19H20F2N4O6. The number of aliphatic hydroxyl groups is 2. The number of carbonyl (C=O) groups excluding carboxylic acids is 1. The summed E-state index contributed by atoms with van der Waals surface area (Å²) in [7, 11) is 1.86. The molecule has 0 aliphatic carbocycles. The van der Waals surface area contributed by atoms with Crippen LogP contribution < -0.4 is 20.6 Å². The molecule has 1 aromatic heterocycles. The number of alkyl halides is 2. The monoisotopic (exact) mass is 438 g/mol. The fourth-order valence-electron chi connectivity index (χ4n) is 3.46. The van der Waals surface area contributed by atoms with E-state index in [9.17, 15) is 23.5 Å². The minimum absolute atomic E-state index is 0.144. The molecule has 31 heavy (non-hydrogen) atoms. The Balaban J connectivity index is 1.54. The Bertz CT molecular complexity index is 1060. The summed E-state index contributed by atoms with van der Waals surface area (Å²) in [5.41, 5.74) is -0.0895. The van der Waals surface area contributed by atoms with Crippen molar-refractivity contribution in [3.63, 3.8) is 0 Å². The highest BCUT2D eigenvalue weighted by Gasteiger charge is 2.59. The van der Waals surface area contributed by atoms with E-state index < -0.39 is 42.6 Å². The number of nitrogens with one attached hydrogen (secondary N) is 1. The van der Waals surface area contributed by atoms with Crippen LogP contribution in [0.1, 0.15) is 16.6 Å².